The van der Waals surface area contributed by atoms with E-state index in [1.807, 2.05) is 12.1 Å². The van der Waals surface area contributed by atoms with Gasteiger partial charge in [-0.25, -0.2) is 19.3 Å². The molecule has 1 aromatic carbocycles. The monoisotopic (exact) mass is 552 g/mol. The number of rotatable bonds is 2. The topological polar surface area (TPSA) is 110 Å². The molecular weight excluding hydrogens is 520 g/mol. The standard InChI is InChI=1S/C30H32N8O3/c1-30(2)11-4-5-12-37-28(40)22-15-31-29(32-21-7-6-20-16-35(3)13-10-19(20)14-21)34-26(22)38(37)24-9-8-23-27(33-24)36(18-30)25(39)17-41-23/h4-9,14-15H,10-13,16-18H2,1-3H3,(H,31,32,34). The minimum atomic E-state index is -0.214. The van der Waals surface area contributed by atoms with Crippen LogP contribution in [0, 0.1) is 5.41 Å². The van der Waals surface area contributed by atoms with Gasteiger partial charge < -0.3 is 15.0 Å². The molecule has 3 aliphatic rings. The SMILES string of the molecule is CN1CCc2cc(Nc3ncc4c(=O)n5n(c4n3)-c3ccc4c(n3)N(CC(C)(C)CC=CC5)C(=O)CO4)ccc2C1. The van der Waals surface area contributed by atoms with Crippen molar-refractivity contribution in [2.24, 2.45) is 5.41 Å². The summed E-state index contributed by atoms with van der Waals surface area (Å²) in [7, 11) is 2.13. The number of carbonyl (C=O) groups excluding carboxylic acids is 1. The third-order valence-corrected chi connectivity index (χ3v) is 7.99. The number of aromatic nitrogens is 5. The molecule has 0 radical (unpaired) electrons. The lowest BCUT2D eigenvalue weighted by Gasteiger charge is -2.35. The lowest BCUT2D eigenvalue weighted by Crippen LogP contribution is -2.44. The number of ether oxygens (including phenoxy) is 1. The van der Waals surface area contributed by atoms with Crippen molar-refractivity contribution in [2.45, 2.75) is 39.8 Å². The van der Waals surface area contributed by atoms with Gasteiger partial charge in [-0.2, -0.15) is 4.98 Å². The molecule has 11 heteroatoms. The van der Waals surface area contributed by atoms with E-state index >= 15 is 0 Å². The number of carbonyl (C=O) groups is 1. The number of anilines is 3. The lowest BCUT2D eigenvalue weighted by molar-refractivity contribution is -0.121. The fourth-order valence-corrected chi connectivity index (χ4v) is 5.80. The lowest BCUT2D eigenvalue weighted by atomic mass is 9.88. The molecule has 0 fully saturated rings. The summed E-state index contributed by atoms with van der Waals surface area (Å²) in [6.45, 7) is 6.99. The number of benzene rings is 1. The van der Waals surface area contributed by atoms with E-state index in [1.165, 1.54) is 11.1 Å². The number of hydrogen-bond donors (Lipinski definition) is 1. The first-order chi connectivity index (χ1) is 19.8. The van der Waals surface area contributed by atoms with E-state index in [2.05, 4.69) is 54.3 Å². The highest BCUT2D eigenvalue weighted by molar-refractivity contribution is 5.97. The summed E-state index contributed by atoms with van der Waals surface area (Å²) >= 11 is 0. The molecule has 0 atom stereocenters. The summed E-state index contributed by atoms with van der Waals surface area (Å²) in [5.74, 6) is 1.69. The van der Waals surface area contributed by atoms with Crippen LogP contribution >= 0.6 is 0 Å². The highest BCUT2D eigenvalue weighted by Gasteiger charge is 2.33. The Morgan fingerprint density at radius 1 is 1.05 bits per heavy atom. The molecule has 2 bridgehead atoms. The Morgan fingerprint density at radius 3 is 2.80 bits per heavy atom. The average molecular weight is 553 g/mol. The van der Waals surface area contributed by atoms with Crippen LogP contribution in [-0.4, -0.2) is 61.9 Å². The van der Waals surface area contributed by atoms with E-state index in [0.717, 1.165) is 31.6 Å². The van der Waals surface area contributed by atoms with E-state index in [1.54, 1.807) is 32.6 Å². The van der Waals surface area contributed by atoms with Gasteiger partial charge in [0.25, 0.3) is 11.5 Å². The molecule has 3 aromatic heterocycles. The Kier molecular flexibility index (Phi) is 5.93. The van der Waals surface area contributed by atoms with Crippen LogP contribution in [0.2, 0.25) is 0 Å². The molecule has 0 saturated carbocycles. The first kappa shape index (κ1) is 25.5. The molecule has 6 heterocycles. The third-order valence-electron chi connectivity index (χ3n) is 7.99. The van der Waals surface area contributed by atoms with Crippen LogP contribution in [0.3, 0.4) is 0 Å². The zero-order chi connectivity index (χ0) is 28.3. The van der Waals surface area contributed by atoms with Crippen molar-refractivity contribution in [3.8, 4) is 11.6 Å². The molecular formula is C30H32N8O3. The Balaban J connectivity index is 1.35. The molecule has 11 nitrogen and oxygen atoms in total. The van der Waals surface area contributed by atoms with Crippen molar-refractivity contribution >= 4 is 34.4 Å². The highest BCUT2D eigenvalue weighted by Crippen LogP contribution is 2.35. The second-order valence-corrected chi connectivity index (χ2v) is 11.8. The number of likely N-dealkylation sites (N-methyl/N-ethyl adjacent to an activating group) is 1. The van der Waals surface area contributed by atoms with Gasteiger partial charge in [0.05, 0.1) is 6.54 Å². The van der Waals surface area contributed by atoms with Gasteiger partial charge in [0.2, 0.25) is 5.95 Å². The quantitative estimate of drug-likeness (QED) is 0.377. The van der Waals surface area contributed by atoms with Crippen LogP contribution in [-0.2, 0) is 24.3 Å². The second-order valence-electron chi connectivity index (χ2n) is 11.8. The minimum Gasteiger partial charge on any atom is -0.480 e. The summed E-state index contributed by atoms with van der Waals surface area (Å²) in [6.07, 6.45) is 7.33. The van der Waals surface area contributed by atoms with E-state index in [-0.39, 0.29) is 23.5 Å². The van der Waals surface area contributed by atoms with Crippen LogP contribution < -0.4 is 20.5 Å². The molecule has 7 rings (SSSR count). The fraction of sp³-hybridized carbons (Fsp3) is 0.367. The summed E-state index contributed by atoms with van der Waals surface area (Å²) in [5.41, 5.74) is 3.55. The summed E-state index contributed by atoms with van der Waals surface area (Å²) in [5, 5.41) is 3.72. The Hall–Kier alpha value is -4.51. The van der Waals surface area contributed by atoms with Gasteiger partial charge >= 0.3 is 0 Å². The zero-order valence-electron chi connectivity index (χ0n) is 23.4. The van der Waals surface area contributed by atoms with Crippen LogP contribution in [0.1, 0.15) is 31.4 Å². The van der Waals surface area contributed by atoms with Gasteiger partial charge in [0.1, 0.15) is 5.39 Å². The number of hydrogen-bond acceptors (Lipinski definition) is 8. The number of allylic oxidation sites excluding steroid dienone is 2. The molecule has 1 N–H and O–H groups in total. The van der Waals surface area contributed by atoms with E-state index < -0.39 is 0 Å². The molecule has 0 aliphatic carbocycles. The zero-order valence-corrected chi connectivity index (χ0v) is 23.4. The second kappa shape index (κ2) is 9.55. The molecule has 0 unspecified atom stereocenters. The van der Waals surface area contributed by atoms with Gasteiger partial charge in [-0.15, -0.1) is 0 Å². The number of fused-ring (bicyclic) bond motifs is 6. The van der Waals surface area contributed by atoms with Gasteiger partial charge in [-0.3, -0.25) is 14.5 Å². The third kappa shape index (κ3) is 4.55. The van der Waals surface area contributed by atoms with Crippen molar-refractivity contribution in [1.29, 1.82) is 0 Å². The first-order valence-corrected chi connectivity index (χ1v) is 13.9. The van der Waals surface area contributed by atoms with E-state index in [0.29, 0.717) is 47.5 Å². The molecule has 3 aliphatic heterocycles. The van der Waals surface area contributed by atoms with Crippen LogP contribution in [0.4, 0.5) is 17.5 Å². The van der Waals surface area contributed by atoms with Crippen LogP contribution in [0.5, 0.6) is 5.75 Å². The Bertz CT molecular complexity index is 1790. The van der Waals surface area contributed by atoms with Crippen molar-refractivity contribution < 1.29 is 9.53 Å². The maximum absolute atomic E-state index is 13.6. The number of nitrogens with zero attached hydrogens (tertiary/aromatic N) is 7. The number of pyridine rings is 1. The molecule has 4 aromatic rings. The Morgan fingerprint density at radius 2 is 1.93 bits per heavy atom. The van der Waals surface area contributed by atoms with E-state index in [4.69, 9.17) is 14.7 Å². The predicted octanol–water partition coefficient (Wildman–Crippen LogP) is 3.42. The first-order valence-electron chi connectivity index (χ1n) is 13.9. The number of nitrogens with one attached hydrogen (secondary N) is 1. The smallest absolute Gasteiger partial charge is 0.278 e. The van der Waals surface area contributed by atoms with Crippen molar-refractivity contribution in [3.63, 3.8) is 0 Å². The largest absolute Gasteiger partial charge is 0.480 e. The van der Waals surface area contributed by atoms with Crippen LogP contribution in [0.15, 0.2) is 53.5 Å². The Labute approximate surface area is 237 Å². The normalized spacial score (nSPS) is 18.2. The molecule has 210 valence electrons. The highest BCUT2D eigenvalue weighted by atomic mass is 16.5. The van der Waals surface area contributed by atoms with Crippen LogP contribution in [0.25, 0.3) is 16.9 Å². The van der Waals surface area contributed by atoms with Crippen molar-refractivity contribution in [3.05, 3.63) is 70.2 Å². The van der Waals surface area contributed by atoms with Gasteiger partial charge in [0, 0.05) is 31.5 Å². The predicted molar refractivity (Wildman–Crippen MR) is 156 cm³/mol. The number of amides is 1. The molecule has 41 heavy (non-hydrogen) atoms. The van der Waals surface area contributed by atoms with E-state index in [9.17, 15) is 9.59 Å². The van der Waals surface area contributed by atoms with Gasteiger partial charge in [-0.1, -0.05) is 32.1 Å². The van der Waals surface area contributed by atoms with Gasteiger partial charge in [0.15, 0.2) is 29.6 Å². The summed E-state index contributed by atoms with van der Waals surface area (Å²) in [4.78, 5) is 44.7. The maximum Gasteiger partial charge on any atom is 0.278 e. The van der Waals surface area contributed by atoms with Crippen molar-refractivity contribution in [1.82, 2.24) is 29.2 Å². The summed E-state index contributed by atoms with van der Waals surface area (Å²) in [6, 6.07) is 9.92. The summed E-state index contributed by atoms with van der Waals surface area (Å²) < 4.78 is 9.03. The molecule has 0 spiro atoms. The minimum absolute atomic E-state index is 0.0290. The molecule has 0 saturated heterocycles. The maximum atomic E-state index is 13.6. The van der Waals surface area contributed by atoms with Gasteiger partial charge in [-0.05, 0) is 60.7 Å². The fourth-order valence-electron chi connectivity index (χ4n) is 5.80. The van der Waals surface area contributed by atoms with Crippen molar-refractivity contribution in [2.75, 3.05) is 37.0 Å². The molecule has 1 amide bonds. The average Bonchev–Trinajstić information content (AvgIpc) is 3.22.